The first kappa shape index (κ1) is 22.3. The van der Waals surface area contributed by atoms with Gasteiger partial charge in [0.25, 0.3) is 21.6 Å². The van der Waals surface area contributed by atoms with Crippen LogP contribution in [0.15, 0.2) is 63.8 Å². The Morgan fingerprint density at radius 3 is 2.47 bits per heavy atom. The first-order valence-electron chi connectivity index (χ1n) is 9.81. The summed E-state index contributed by atoms with van der Waals surface area (Å²) in [5.74, 6) is -1.74. The van der Waals surface area contributed by atoms with E-state index in [0.717, 1.165) is 12.3 Å². The molecule has 1 aliphatic carbocycles. The van der Waals surface area contributed by atoms with Crippen molar-refractivity contribution in [3.63, 3.8) is 0 Å². The van der Waals surface area contributed by atoms with Gasteiger partial charge in [-0.25, -0.2) is 4.79 Å². The van der Waals surface area contributed by atoms with Crippen LogP contribution < -0.4 is 11.2 Å². The van der Waals surface area contributed by atoms with E-state index in [1.165, 1.54) is 22.9 Å². The normalized spacial score (nSPS) is 24.2. The van der Waals surface area contributed by atoms with Crippen LogP contribution in [0.5, 0.6) is 0 Å². The van der Waals surface area contributed by atoms with Gasteiger partial charge in [-0.05, 0) is 31.6 Å². The van der Waals surface area contributed by atoms with E-state index >= 15 is 0 Å². The average molecular weight is 462 g/mol. The molecule has 1 fully saturated rings. The van der Waals surface area contributed by atoms with Crippen LogP contribution in [0.2, 0.25) is 0 Å². The lowest BCUT2D eigenvalue weighted by Gasteiger charge is -2.22. The Morgan fingerprint density at radius 1 is 1.12 bits per heavy atom. The van der Waals surface area contributed by atoms with Crippen molar-refractivity contribution in [2.24, 2.45) is 0 Å². The predicted molar refractivity (Wildman–Crippen MR) is 113 cm³/mol. The number of carbonyl (C=O) groups is 1. The van der Waals surface area contributed by atoms with Crippen LogP contribution in [-0.2, 0) is 23.8 Å². The first-order chi connectivity index (χ1) is 15.0. The third kappa shape index (κ3) is 4.24. The maximum Gasteiger partial charge on any atom is 0.338 e. The summed E-state index contributed by atoms with van der Waals surface area (Å²) in [7, 11) is -3.71. The Hall–Kier alpha value is -2.86. The van der Waals surface area contributed by atoms with E-state index < -0.39 is 51.3 Å². The van der Waals surface area contributed by atoms with Gasteiger partial charge in [-0.2, -0.15) is 13.0 Å². The van der Waals surface area contributed by atoms with Gasteiger partial charge in [0.05, 0.1) is 18.9 Å². The highest BCUT2D eigenvalue weighted by Crippen LogP contribution is 2.42. The fourth-order valence-corrected chi connectivity index (χ4v) is 4.24. The van der Waals surface area contributed by atoms with Crippen molar-refractivity contribution in [1.82, 2.24) is 9.13 Å². The lowest BCUT2D eigenvalue weighted by Crippen LogP contribution is -2.45. The summed E-state index contributed by atoms with van der Waals surface area (Å²) in [6.45, 7) is 3.12. The molecule has 1 aromatic carbocycles. The van der Waals surface area contributed by atoms with E-state index in [-0.39, 0.29) is 12.2 Å². The van der Waals surface area contributed by atoms with Crippen LogP contribution in [0, 0.1) is 0 Å². The highest BCUT2D eigenvalue weighted by atomic mass is 32.2. The smallest absolute Gasteiger partial charge is 0.338 e. The zero-order valence-electron chi connectivity index (χ0n) is 17.6. The molecule has 0 N–H and O–H groups in total. The maximum atomic E-state index is 13.2. The third-order valence-electron chi connectivity index (χ3n) is 5.21. The van der Waals surface area contributed by atoms with Gasteiger partial charge >= 0.3 is 5.69 Å². The fraction of sp³-hybridized carbons (Fsp3) is 0.381. The molecular weight excluding hydrogens is 440 g/mol. The summed E-state index contributed by atoms with van der Waals surface area (Å²) >= 11 is 0. The van der Waals surface area contributed by atoms with Crippen LogP contribution in [0.3, 0.4) is 0 Å². The van der Waals surface area contributed by atoms with Crippen molar-refractivity contribution in [1.29, 1.82) is 0 Å². The minimum Gasteiger partial charge on any atom is -0.342 e. The van der Waals surface area contributed by atoms with Gasteiger partial charge in [-0.15, -0.1) is 0 Å². The van der Waals surface area contributed by atoms with Crippen LogP contribution in [0.4, 0.5) is 0 Å². The van der Waals surface area contributed by atoms with E-state index in [4.69, 9.17) is 13.7 Å². The molecule has 0 saturated carbocycles. The molecule has 11 heteroatoms. The number of rotatable bonds is 5. The molecule has 10 nitrogen and oxygen atoms in total. The molecule has 1 aliphatic heterocycles. The Morgan fingerprint density at radius 2 is 1.81 bits per heavy atom. The number of benzene rings is 1. The van der Waals surface area contributed by atoms with Crippen molar-refractivity contribution in [3.8, 4) is 0 Å². The van der Waals surface area contributed by atoms with Crippen LogP contribution in [0.1, 0.15) is 30.2 Å². The van der Waals surface area contributed by atoms with Gasteiger partial charge < -0.3 is 9.47 Å². The van der Waals surface area contributed by atoms with Gasteiger partial charge in [-0.3, -0.25) is 18.3 Å². The zero-order valence-corrected chi connectivity index (χ0v) is 18.4. The summed E-state index contributed by atoms with van der Waals surface area (Å²) in [6, 6.07) is 8.36. The highest BCUT2D eigenvalue weighted by Gasteiger charge is 2.51. The van der Waals surface area contributed by atoms with E-state index in [1.807, 2.05) is 0 Å². The molecular formula is C21H22N2O8S. The van der Waals surface area contributed by atoms with Gasteiger partial charge in [0, 0.05) is 17.8 Å². The molecule has 2 aromatic rings. The second kappa shape index (κ2) is 7.93. The lowest BCUT2D eigenvalue weighted by molar-refractivity contribution is -0.148. The molecule has 3 atom stereocenters. The number of aromatic nitrogens is 2. The Kier molecular flexibility index (Phi) is 5.53. The molecule has 0 bridgehead atoms. The molecule has 4 rings (SSSR count). The molecule has 2 heterocycles. The second-order valence-corrected chi connectivity index (χ2v) is 9.71. The maximum absolute atomic E-state index is 13.2. The number of hydrogen-bond donors (Lipinski definition) is 0. The topological polar surface area (TPSA) is 123 Å². The van der Waals surface area contributed by atoms with Gasteiger partial charge in [0.1, 0.15) is 12.2 Å². The summed E-state index contributed by atoms with van der Waals surface area (Å²) in [6.07, 6.45) is 2.49. The largest absolute Gasteiger partial charge is 0.342 e. The lowest BCUT2D eigenvalue weighted by atomic mass is 10.1. The van der Waals surface area contributed by atoms with Gasteiger partial charge in [-0.1, -0.05) is 24.3 Å². The number of ether oxygens (including phenoxy) is 2. The van der Waals surface area contributed by atoms with Crippen LogP contribution in [0.25, 0.3) is 0 Å². The molecule has 170 valence electrons. The van der Waals surface area contributed by atoms with E-state index in [2.05, 4.69) is 0 Å². The summed E-state index contributed by atoms with van der Waals surface area (Å²) in [5.41, 5.74) is -0.934. The minimum atomic E-state index is -3.71. The molecule has 0 unspecified atom stereocenters. The third-order valence-corrected chi connectivity index (χ3v) is 5.76. The molecule has 0 spiro atoms. The minimum absolute atomic E-state index is 0.188. The Balaban J connectivity index is 1.77. The fourth-order valence-electron chi connectivity index (χ4n) is 3.89. The average Bonchev–Trinajstić information content (AvgIpc) is 3.20. The molecule has 2 aliphatic rings. The Bertz CT molecular complexity index is 1310. The van der Waals surface area contributed by atoms with E-state index in [1.54, 1.807) is 38.1 Å². The van der Waals surface area contributed by atoms with Crippen molar-refractivity contribution >= 4 is 16.0 Å². The molecule has 0 radical (unpaired) electrons. The summed E-state index contributed by atoms with van der Waals surface area (Å²) in [5, 5.41) is 0. The number of nitrogens with zero attached hydrogens (tertiary/aromatic N) is 2. The highest BCUT2D eigenvalue weighted by molar-refractivity contribution is 7.86. The van der Waals surface area contributed by atoms with Crippen molar-refractivity contribution < 1.29 is 26.9 Å². The predicted octanol–water partition coefficient (Wildman–Crippen LogP) is 0.676. The molecule has 1 saturated heterocycles. The second-order valence-electron chi connectivity index (χ2n) is 8.07. The van der Waals surface area contributed by atoms with Gasteiger partial charge in [0.2, 0.25) is 0 Å². The summed E-state index contributed by atoms with van der Waals surface area (Å²) in [4.78, 5) is 38.5. The van der Waals surface area contributed by atoms with Gasteiger partial charge in [0.15, 0.2) is 5.79 Å². The zero-order chi connectivity index (χ0) is 23.3. The Labute approximate surface area is 183 Å². The number of carbonyl (C=O) groups excluding carboxylic acids is 1. The SMILES string of the molecule is CC1(C)O[C@@H]2[C@H](O1)C(COS(C)(=O)=O)=C[C@H]2n1ccc(=O)n(C(=O)c2ccccc2)c1=O. The number of fused-ring (bicyclic) bond motifs is 1. The van der Waals surface area contributed by atoms with Crippen LogP contribution >= 0.6 is 0 Å². The molecule has 32 heavy (non-hydrogen) atoms. The number of hydrogen-bond acceptors (Lipinski definition) is 8. The van der Waals surface area contributed by atoms with Crippen LogP contribution in [-0.4, -0.2) is 54.3 Å². The van der Waals surface area contributed by atoms with Crippen molar-refractivity contribution in [2.45, 2.75) is 37.9 Å². The van der Waals surface area contributed by atoms with E-state index in [0.29, 0.717) is 10.1 Å². The quantitative estimate of drug-likeness (QED) is 0.469. The van der Waals surface area contributed by atoms with Crippen molar-refractivity contribution in [2.75, 3.05) is 12.9 Å². The molecule has 1 aromatic heterocycles. The van der Waals surface area contributed by atoms with E-state index in [9.17, 15) is 22.8 Å². The monoisotopic (exact) mass is 462 g/mol. The summed E-state index contributed by atoms with van der Waals surface area (Å²) < 4.78 is 41.4. The standard InChI is InChI=1S/C21H22N2O8S/c1-21(2)30-17-14(12-29-32(3,27)28)11-15(18(17)31-21)22-10-9-16(24)23(20(22)26)19(25)13-7-5-4-6-8-13/h4-11,15,17-18H,12H2,1-3H3/t15-,17-,18+/m1/s1. The van der Waals surface area contributed by atoms with Crippen molar-refractivity contribution in [3.05, 3.63) is 80.6 Å². The first-order valence-corrected chi connectivity index (χ1v) is 11.6. The molecule has 0 amide bonds.